The van der Waals surface area contributed by atoms with Crippen molar-refractivity contribution < 1.29 is 18.4 Å². The van der Waals surface area contributed by atoms with Gasteiger partial charge in [-0.25, -0.2) is 17.9 Å². The van der Waals surface area contributed by atoms with Crippen molar-refractivity contribution in [3.8, 4) is 0 Å². The molecule has 0 fully saturated rings. The summed E-state index contributed by atoms with van der Waals surface area (Å²) in [6, 6.07) is 0. The Morgan fingerprint density at radius 3 is 2.22 bits per heavy atom. The topological polar surface area (TPSA) is 41.9 Å². The van der Waals surface area contributed by atoms with Crippen LogP contribution in [0.25, 0.3) is 0 Å². The Kier molecular flexibility index (Phi) is 7.58. The molecule has 0 saturated heterocycles. The summed E-state index contributed by atoms with van der Waals surface area (Å²) in [5, 5.41) is 3.11. The van der Waals surface area contributed by atoms with Crippen molar-refractivity contribution in [1.29, 1.82) is 0 Å². The zero-order valence-corrected chi connectivity index (χ0v) is 12.7. The molecule has 0 heterocycles. The number of oxime groups is 1. The number of hydrogen-bond donors (Lipinski definition) is 0. The summed E-state index contributed by atoms with van der Waals surface area (Å²) in [6.07, 6.45) is -3.82. The molecule has 4 nitrogen and oxygen atoms in total. The SMILES string of the molecule is CC(C)C(=NOC(=O)N(C)SC(Cl)(Cl)Cl)C(F)F. The maximum absolute atomic E-state index is 12.5. The van der Waals surface area contributed by atoms with Crippen LogP contribution in [0.15, 0.2) is 5.16 Å². The molecule has 0 aliphatic heterocycles. The van der Waals surface area contributed by atoms with Gasteiger partial charge in [0.2, 0.25) is 0 Å². The zero-order chi connectivity index (χ0) is 14.5. The second-order valence-electron chi connectivity index (χ2n) is 3.36. The summed E-state index contributed by atoms with van der Waals surface area (Å²) < 4.78 is 24.0. The number of amides is 1. The summed E-state index contributed by atoms with van der Waals surface area (Å²) in [4.78, 5) is 15.7. The summed E-state index contributed by atoms with van der Waals surface area (Å²) in [7, 11) is 1.25. The van der Waals surface area contributed by atoms with Crippen LogP contribution < -0.4 is 0 Å². The van der Waals surface area contributed by atoms with Gasteiger partial charge in [-0.1, -0.05) is 53.8 Å². The second-order valence-corrected chi connectivity index (χ2v) is 7.66. The number of hydrogen-bond acceptors (Lipinski definition) is 4. The number of carbonyl (C=O) groups is 1. The first-order chi connectivity index (χ1) is 8.04. The average Bonchev–Trinajstić information content (AvgIpc) is 2.13. The van der Waals surface area contributed by atoms with Crippen LogP contribution in [0.4, 0.5) is 13.6 Å². The maximum Gasteiger partial charge on any atom is 0.445 e. The Morgan fingerprint density at radius 1 is 1.39 bits per heavy atom. The molecule has 0 spiro atoms. The van der Waals surface area contributed by atoms with Gasteiger partial charge in [0.1, 0.15) is 5.71 Å². The Hall–Kier alpha value is 0.0200. The largest absolute Gasteiger partial charge is 0.445 e. The van der Waals surface area contributed by atoms with E-state index in [0.29, 0.717) is 11.9 Å². The van der Waals surface area contributed by atoms with Crippen LogP contribution in [0.2, 0.25) is 0 Å². The average molecular weight is 344 g/mol. The molecule has 0 atom stereocenters. The van der Waals surface area contributed by atoms with Gasteiger partial charge in [-0.05, 0) is 0 Å². The summed E-state index contributed by atoms with van der Waals surface area (Å²) in [6.45, 7) is 3.00. The Bertz CT molecular complexity index is 314. The quantitative estimate of drug-likeness (QED) is 0.251. The third-order valence-corrected chi connectivity index (χ3v) is 2.79. The second kappa shape index (κ2) is 7.57. The van der Waals surface area contributed by atoms with Crippen LogP contribution in [0.3, 0.4) is 0 Å². The lowest BCUT2D eigenvalue weighted by Crippen LogP contribution is -2.24. The van der Waals surface area contributed by atoms with Crippen molar-refractivity contribution in [2.75, 3.05) is 7.05 Å². The van der Waals surface area contributed by atoms with Crippen molar-refractivity contribution in [1.82, 2.24) is 4.31 Å². The van der Waals surface area contributed by atoms with Gasteiger partial charge < -0.3 is 0 Å². The van der Waals surface area contributed by atoms with Crippen LogP contribution in [0.5, 0.6) is 0 Å². The maximum atomic E-state index is 12.5. The lowest BCUT2D eigenvalue weighted by Gasteiger charge is -2.18. The van der Waals surface area contributed by atoms with Crippen molar-refractivity contribution in [2.45, 2.75) is 23.4 Å². The Labute approximate surface area is 123 Å². The number of nitrogens with zero attached hydrogens (tertiary/aromatic N) is 2. The minimum atomic E-state index is -2.80. The first kappa shape index (κ1) is 18.0. The van der Waals surface area contributed by atoms with E-state index in [1.165, 1.54) is 20.9 Å². The van der Waals surface area contributed by atoms with Crippen LogP contribution in [-0.4, -0.2) is 32.7 Å². The Balaban J connectivity index is 4.52. The van der Waals surface area contributed by atoms with E-state index in [2.05, 4.69) is 9.99 Å². The fourth-order valence-corrected chi connectivity index (χ4v) is 2.09. The van der Waals surface area contributed by atoms with E-state index in [0.717, 1.165) is 4.31 Å². The lowest BCUT2D eigenvalue weighted by molar-refractivity contribution is 0.131. The van der Waals surface area contributed by atoms with Gasteiger partial charge in [-0.3, -0.25) is 4.84 Å². The highest BCUT2D eigenvalue weighted by atomic mass is 35.6. The van der Waals surface area contributed by atoms with Crippen molar-refractivity contribution in [2.24, 2.45) is 11.1 Å². The molecule has 10 heteroatoms. The summed E-state index contributed by atoms with van der Waals surface area (Å²) in [5.41, 5.74) is -0.532. The molecule has 106 valence electrons. The van der Waals surface area contributed by atoms with Gasteiger partial charge in [0.25, 0.3) is 9.55 Å². The van der Waals surface area contributed by atoms with Gasteiger partial charge in [0.05, 0.1) is 0 Å². The number of carbonyl (C=O) groups excluding carboxylic acids is 1. The predicted octanol–water partition coefficient (Wildman–Crippen LogP) is 4.31. The van der Waals surface area contributed by atoms with Crippen molar-refractivity contribution >= 4 is 58.6 Å². The van der Waals surface area contributed by atoms with Gasteiger partial charge in [-0.2, -0.15) is 0 Å². The smallest absolute Gasteiger partial charge is 0.297 e. The monoisotopic (exact) mass is 342 g/mol. The summed E-state index contributed by atoms with van der Waals surface area (Å²) in [5.74, 6) is -0.552. The molecule has 1 amide bonds. The molecular weight excluding hydrogens is 333 g/mol. The number of halogens is 5. The minimum absolute atomic E-state index is 0.532. The molecule has 0 aliphatic carbocycles. The molecule has 0 radical (unpaired) electrons. The van der Waals surface area contributed by atoms with E-state index in [4.69, 9.17) is 34.8 Å². The highest BCUT2D eigenvalue weighted by molar-refractivity contribution is 8.03. The molecule has 0 N–H and O–H groups in total. The summed E-state index contributed by atoms with van der Waals surface area (Å²) >= 11 is 16.8. The first-order valence-electron chi connectivity index (χ1n) is 4.61. The van der Waals surface area contributed by atoms with E-state index >= 15 is 0 Å². The molecule has 0 aliphatic rings. The highest BCUT2D eigenvalue weighted by Gasteiger charge is 2.27. The van der Waals surface area contributed by atoms with Crippen LogP contribution in [0.1, 0.15) is 13.8 Å². The van der Waals surface area contributed by atoms with Gasteiger partial charge in [-0.15, -0.1) is 0 Å². The van der Waals surface area contributed by atoms with Crippen LogP contribution >= 0.6 is 46.8 Å². The fraction of sp³-hybridized carbons (Fsp3) is 0.750. The standard InChI is InChI=1S/C8H11Cl3F2N2O2S/c1-4(2)5(6(12)13)14-17-7(16)15(3)18-8(9,10)11/h4,6H,1-3H3. The molecule has 0 rings (SSSR count). The van der Waals surface area contributed by atoms with Gasteiger partial charge in [0, 0.05) is 24.9 Å². The number of alkyl halides is 5. The lowest BCUT2D eigenvalue weighted by atomic mass is 10.1. The number of rotatable bonds is 4. The Morgan fingerprint density at radius 2 is 1.89 bits per heavy atom. The van der Waals surface area contributed by atoms with E-state index in [1.807, 2.05) is 0 Å². The molecule has 0 saturated carbocycles. The molecule has 0 bridgehead atoms. The molecule has 0 aromatic carbocycles. The van der Waals surface area contributed by atoms with Crippen molar-refractivity contribution in [3.05, 3.63) is 0 Å². The van der Waals surface area contributed by atoms with Crippen LogP contribution in [-0.2, 0) is 4.84 Å². The fourth-order valence-electron chi connectivity index (χ4n) is 0.739. The van der Waals surface area contributed by atoms with E-state index in [-0.39, 0.29) is 0 Å². The normalized spacial score (nSPS) is 13.1. The minimum Gasteiger partial charge on any atom is -0.297 e. The van der Waals surface area contributed by atoms with E-state index in [9.17, 15) is 13.6 Å². The molecule has 0 unspecified atom stereocenters. The first-order valence-corrected chi connectivity index (χ1v) is 6.51. The molecule has 0 aromatic rings. The van der Waals surface area contributed by atoms with Gasteiger partial charge in [0.15, 0.2) is 0 Å². The predicted molar refractivity (Wildman–Crippen MR) is 70.4 cm³/mol. The molecule has 18 heavy (non-hydrogen) atoms. The molecule has 0 aromatic heterocycles. The third kappa shape index (κ3) is 7.45. The molecular formula is C8H11Cl3F2N2O2S. The highest BCUT2D eigenvalue weighted by Crippen LogP contribution is 2.40. The zero-order valence-electron chi connectivity index (χ0n) is 9.66. The third-order valence-electron chi connectivity index (χ3n) is 1.54. The van der Waals surface area contributed by atoms with Crippen molar-refractivity contribution in [3.63, 3.8) is 0 Å². The van der Waals surface area contributed by atoms with E-state index < -0.39 is 27.3 Å². The van der Waals surface area contributed by atoms with Crippen LogP contribution in [0, 0.1) is 5.92 Å². The van der Waals surface area contributed by atoms with Gasteiger partial charge >= 0.3 is 6.09 Å². The van der Waals surface area contributed by atoms with E-state index in [1.54, 1.807) is 0 Å².